The Bertz CT molecular complexity index is 705. The second-order valence-corrected chi connectivity index (χ2v) is 5.06. The van der Waals surface area contributed by atoms with Gasteiger partial charge in [0.15, 0.2) is 0 Å². The Kier molecular flexibility index (Phi) is 11.3. The van der Waals surface area contributed by atoms with Crippen LogP contribution in [0.2, 0.25) is 0 Å². The zero-order valence-electron chi connectivity index (χ0n) is 14.0. The number of amides is 1. The SMILES string of the molecule is COCCNCc1ccc(C#Cc2ccc(C(N)=O)cc2)cc1.Cl.Cl. The molecular weight excluding hydrogens is 359 g/mol. The predicted molar refractivity (Wildman–Crippen MR) is 105 cm³/mol. The van der Waals surface area contributed by atoms with E-state index in [9.17, 15) is 4.79 Å². The van der Waals surface area contributed by atoms with E-state index in [2.05, 4.69) is 29.3 Å². The van der Waals surface area contributed by atoms with Gasteiger partial charge in [-0.05, 0) is 42.0 Å². The number of rotatable bonds is 6. The number of nitrogens with two attached hydrogens (primary N) is 1. The molecule has 3 N–H and O–H groups in total. The minimum atomic E-state index is -0.431. The van der Waals surface area contributed by atoms with E-state index in [4.69, 9.17) is 10.5 Å². The number of nitrogens with one attached hydrogen (secondary N) is 1. The van der Waals surface area contributed by atoms with Gasteiger partial charge in [-0.2, -0.15) is 0 Å². The van der Waals surface area contributed by atoms with Crippen LogP contribution in [-0.4, -0.2) is 26.2 Å². The fraction of sp³-hybridized carbons (Fsp3) is 0.211. The molecule has 2 rings (SSSR count). The highest BCUT2D eigenvalue weighted by Gasteiger charge is 1.98. The van der Waals surface area contributed by atoms with Crippen molar-refractivity contribution in [3.63, 3.8) is 0 Å². The summed E-state index contributed by atoms with van der Waals surface area (Å²) in [6.07, 6.45) is 0. The van der Waals surface area contributed by atoms with Crippen molar-refractivity contribution in [3.8, 4) is 11.8 Å². The molecule has 0 unspecified atom stereocenters. The number of benzene rings is 2. The van der Waals surface area contributed by atoms with Gasteiger partial charge in [-0.1, -0.05) is 24.0 Å². The smallest absolute Gasteiger partial charge is 0.248 e. The maximum absolute atomic E-state index is 11.0. The summed E-state index contributed by atoms with van der Waals surface area (Å²) in [7, 11) is 1.69. The van der Waals surface area contributed by atoms with Gasteiger partial charge in [0.2, 0.25) is 5.91 Å². The van der Waals surface area contributed by atoms with Crippen LogP contribution in [-0.2, 0) is 11.3 Å². The molecule has 2 aromatic rings. The Morgan fingerprint density at radius 3 is 2.00 bits per heavy atom. The van der Waals surface area contributed by atoms with Crippen molar-refractivity contribution in [3.05, 3.63) is 70.8 Å². The summed E-state index contributed by atoms with van der Waals surface area (Å²) < 4.78 is 4.99. The number of primary amides is 1. The lowest BCUT2D eigenvalue weighted by Crippen LogP contribution is -2.18. The molecule has 2 aromatic carbocycles. The summed E-state index contributed by atoms with van der Waals surface area (Å²) in [6.45, 7) is 2.35. The predicted octanol–water partition coefficient (Wildman–Crippen LogP) is 2.76. The Hall–Kier alpha value is -2.03. The molecule has 6 heteroatoms. The highest BCUT2D eigenvalue weighted by molar-refractivity contribution is 5.92. The first-order chi connectivity index (χ1) is 11.2. The van der Waals surface area contributed by atoms with Gasteiger partial charge >= 0.3 is 0 Å². The quantitative estimate of drug-likeness (QED) is 0.598. The van der Waals surface area contributed by atoms with Gasteiger partial charge in [0.1, 0.15) is 0 Å². The average molecular weight is 381 g/mol. The molecule has 25 heavy (non-hydrogen) atoms. The van der Waals surface area contributed by atoms with Crippen molar-refractivity contribution >= 4 is 30.7 Å². The summed E-state index contributed by atoms with van der Waals surface area (Å²) in [4.78, 5) is 11.0. The van der Waals surface area contributed by atoms with Gasteiger partial charge in [0, 0.05) is 36.9 Å². The minimum Gasteiger partial charge on any atom is -0.383 e. The molecule has 0 spiro atoms. The van der Waals surface area contributed by atoms with Crippen LogP contribution in [0.5, 0.6) is 0 Å². The van der Waals surface area contributed by atoms with Gasteiger partial charge in [-0.15, -0.1) is 24.8 Å². The third-order valence-electron chi connectivity index (χ3n) is 3.29. The fourth-order valence-corrected chi connectivity index (χ4v) is 1.98. The van der Waals surface area contributed by atoms with Crippen molar-refractivity contribution in [2.75, 3.05) is 20.3 Å². The molecule has 0 aromatic heterocycles. The minimum absolute atomic E-state index is 0. The van der Waals surface area contributed by atoms with E-state index < -0.39 is 5.91 Å². The van der Waals surface area contributed by atoms with Crippen LogP contribution in [0.1, 0.15) is 27.0 Å². The van der Waals surface area contributed by atoms with Gasteiger partial charge < -0.3 is 15.8 Å². The van der Waals surface area contributed by atoms with Crippen molar-refractivity contribution in [1.82, 2.24) is 5.32 Å². The lowest BCUT2D eigenvalue weighted by atomic mass is 10.1. The van der Waals surface area contributed by atoms with Gasteiger partial charge in [0.05, 0.1) is 6.61 Å². The third kappa shape index (κ3) is 8.06. The van der Waals surface area contributed by atoms with Gasteiger partial charge in [-0.25, -0.2) is 0 Å². The van der Waals surface area contributed by atoms with Crippen LogP contribution < -0.4 is 11.1 Å². The second kappa shape index (κ2) is 12.3. The molecule has 4 nitrogen and oxygen atoms in total. The lowest BCUT2D eigenvalue weighted by Gasteiger charge is -2.04. The number of halogens is 2. The Morgan fingerprint density at radius 2 is 1.52 bits per heavy atom. The van der Waals surface area contributed by atoms with E-state index in [0.29, 0.717) is 12.2 Å². The average Bonchev–Trinajstić information content (AvgIpc) is 2.58. The molecule has 0 saturated heterocycles. The highest BCUT2D eigenvalue weighted by Crippen LogP contribution is 2.05. The third-order valence-corrected chi connectivity index (χ3v) is 3.29. The topological polar surface area (TPSA) is 64.3 Å². The maximum Gasteiger partial charge on any atom is 0.248 e. The molecule has 0 fully saturated rings. The molecule has 1 amide bonds. The van der Waals surface area contributed by atoms with E-state index in [1.807, 2.05) is 12.1 Å². The Morgan fingerprint density at radius 1 is 1.00 bits per heavy atom. The lowest BCUT2D eigenvalue weighted by molar-refractivity contribution is 0.100. The second-order valence-electron chi connectivity index (χ2n) is 5.06. The molecule has 0 saturated carbocycles. The van der Waals surface area contributed by atoms with Crippen molar-refractivity contribution in [1.29, 1.82) is 0 Å². The molecule has 0 aliphatic heterocycles. The van der Waals surface area contributed by atoms with Crippen molar-refractivity contribution < 1.29 is 9.53 Å². The first-order valence-corrected chi connectivity index (χ1v) is 7.39. The first kappa shape index (κ1) is 23.0. The maximum atomic E-state index is 11.0. The van der Waals surface area contributed by atoms with Crippen LogP contribution in [0.15, 0.2) is 48.5 Å². The normalized spacial score (nSPS) is 9.16. The molecule has 0 heterocycles. The van der Waals surface area contributed by atoms with E-state index in [0.717, 1.165) is 24.2 Å². The fourth-order valence-electron chi connectivity index (χ4n) is 1.98. The van der Waals surface area contributed by atoms with Gasteiger partial charge in [-0.3, -0.25) is 4.79 Å². The standard InChI is InChI=1S/C19H20N2O2.2ClH/c1-23-13-12-21-14-17-6-4-15(5-7-17)2-3-16-8-10-18(11-9-16)19(20)22;;/h4-11,21H,12-14H2,1H3,(H2,20,22);2*1H. The van der Waals surface area contributed by atoms with Crippen molar-refractivity contribution in [2.24, 2.45) is 5.73 Å². The van der Waals surface area contributed by atoms with Crippen LogP contribution in [0, 0.1) is 11.8 Å². The molecule has 0 atom stereocenters. The molecule has 0 aliphatic carbocycles. The summed E-state index contributed by atoms with van der Waals surface area (Å²) in [5, 5.41) is 3.30. The van der Waals surface area contributed by atoms with E-state index >= 15 is 0 Å². The van der Waals surface area contributed by atoms with Crippen LogP contribution in [0.3, 0.4) is 0 Å². The van der Waals surface area contributed by atoms with Gasteiger partial charge in [0.25, 0.3) is 0 Å². The van der Waals surface area contributed by atoms with Crippen LogP contribution in [0.25, 0.3) is 0 Å². The molecular formula is C19H22Cl2N2O2. The number of hydrogen-bond acceptors (Lipinski definition) is 3. The van der Waals surface area contributed by atoms with Crippen molar-refractivity contribution in [2.45, 2.75) is 6.54 Å². The summed E-state index contributed by atoms with van der Waals surface area (Å²) >= 11 is 0. The van der Waals surface area contributed by atoms with E-state index in [-0.39, 0.29) is 24.8 Å². The highest BCUT2D eigenvalue weighted by atomic mass is 35.5. The Balaban J connectivity index is 0.00000288. The summed E-state index contributed by atoms with van der Waals surface area (Å²) in [6, 6.07) is 15.1. The molecule has 0 aliphatic rings. The Labute approximate surface area is 161 Å². The van der Waals surface area contributed by atoms with Crippen LogP contribution >= 0.6 is 24.8 Å². The number of ether oxygens (including phenoxy) is 1. The number of hydrogen-bond donors (Lipinski definition) is 2. The molecule has 134 valence electrons. The number of carbonyl (C=O) groups excluding carboxylic acids is 1. The number of carbonyl (C=O) groups is 1. The van der Waals surface area contributed by atoms with E-state index in [1.54, 1.807) is 31.4 Å². The van der Waals surface area contributed by atoms with Crippen LogP contribution in [0.4, 0.5) is 0 Å². The summed E-state index contributed by atoms with van der Waals surface area (Å²) in [5.74, 6) is 5.75. The zero-order chi connectivity index (χ0) is 16.5. The monoisotopic (exact) mass is 380 g/mol. The zero-order valence-corrected chi connectivity index (χ0v) is 15.6. The largest absolute Gasteiger partial charge is 0.383 e. The molecule has 0 radical (unpaired) electrons. The molecule has 0 bridgehead atoms. The first-order valence-electron chi connectivity index (χ1n) is 7.39. The summed E-state index contributed by atoms with van der Waals surface area (Å²) in [5.41, 5.74) is 8.70. The van der Waals surface area contributed by atoms with E-state index in [1.165, 1.54) is 5.56 Å². The number of methoxy groups -OCH3 is 1.